The second-order valence-electron chi connectivity index (χ2n) is 7.25. The predicted octanol–water partition coefficient (Wildman–Crippen LogP) is 4.24. The average Bonchev–Trinajstić information content (AvgIpc) is 3.24. The Balaban J connectivity index is 1.97. The number of hydrogen-bond acceptors (Lipinski definition) is 7. The van der Waals surface area contributed by atoms with E-state index in [0.717, 1.165) is 17.0 Å². The van der Waals surface area contributed by atoms with Crippen LogP contribution in [0.1, 0.15) is 27.7 Å². The van der Waals surface area contributed by atoms with E-state index in [1.54, 1.807) is 6.92 Å². The zero-order valence-electron chi connectivity index (χ0n) is 17.4. The van der Waals surface area contributed by atoms with E-state index in [1.807, 2.05) is 6.92 Å². The summed E-state index contributed by atoms with van der Waals surface area (Å²) in [5.74, 6) is -2.66. The SMILES string of the molecule is COc1cc([C@@H]2/C(=C(\O)c3ccc(F)cc3)C(=O)C(=O)N2c2nc(C)c(C)s2)ccc1O. The summed E-state index contributed by atoms with van der Waals surface area (Å²) < 4.78 is 18.6. The molecule has 1 amide bonds. The van der Waals surface area contributed by atoms with E-state index >= 15 is 0 Å². The molecule has 1 aliphatic rings. The van der Waals surface area contributed by atoms with E-state index in [2.05, 4.69) is 4.98 Å². The second kappa shape index (κ2) is 8.08. The van der Waals surface area contributed by atoms with Crippen LogP contribution in [-0.2, 0) is 9.59 Å². The lowest BCUT2D eigenvalue weighted by Gasteiger charge is -2.23. The second-order valence-corrected chi connectivity index (χ2v) is 8.43. The summed E-state index contributed by atoms with van der Waals surface area (Å²) in [6.45, 7) is 3.65. The zero-order chi connectivity index (χ0) is 23.2. The number of aliphatic hydroxyl groups is 1. The first-order chi connectivity index (χ1) is 15.2. The van der Waals surface area contributed by atoms with Crippen molar-refractivity contribution in [3.63, 3.8) is 0 Å². The van der Waals surface area contributed by atoms with Gasteiger partial charge in [-0.25, -0.2) is 9.37 Å². The number of aryl methyl sites for hydroxylation is 2. The first-order valence-corrected chi connectivity index (χ1v) is 10.4. The van der Waals surface area contributed by atoms with Crippen LogP contribution in [0.4, 0.5) is 9.52 Å². The summed E-state index contributed by atoms with van der Waals surface area (Å²) >= 11 is 1.25. The van der Waals surface area contributed by atoms with Crippen LogP contribution in [0, 0.1) is 19.7 Å². The first kappa shape index (κ1) is 21.5. The van der Waals surface area contributed by atoms with Crippen molar-refractivity contribution in [2.75, 3.05) is 12.0 Å². The summed E-state index contributed by atoms with van der Waals surface area (Å²) in [4.78, 5) is 32.7. The van der Waals surface area contributed by atoms with E-state index in [4.69, 9.17) is 4.74 Å². The summed E-state index contributed by atoms with van der Waals surface area (Å²) in [5, 5.41) is 21.3. The maximum Gasteiger partial charge on any atom is 0.301 e. The summed E-state index contributed by atoms with van der Waals surface area (Å²) in [7, 11) is 1.38. The Morgan fingerprint density at radius 1 is 1.16 bits per heavy atom. The Morgan fingerprint density at radius 2 is 1.84 bits per heavy atom. The molecule has 2 aromatic carbocycles. The highest BCUT2D eigenvalue weighted by molar-refractivity contribution is 7.16. The molecule has 1 saturated heterocycles. The van der Waals surface area contributed by atoms with Crippen LogP contribution in [0.15, 0.2) is 48.0 Å². The number of benzene rings is 2. The highest BCUT2D eigenvalue weighted by Crippen LogP contribution is 2.45. The van der Waals surface area contributed by atoms with Gasteiger partial charge in [0.05, 0.1) is 24.4 Å². The first-order valence-electron chi connectivity index (χ1n) is 9.60. The van der Waals surface area contributed by atoms with Crippen LogP contribution in [0.2, 0.25) is 0 Å². The van der Waals surface area contributed by atoms with Gasteiger partial charge in [-0.3, -0.25) is 14.5 Å². The van der Waals surface area contributed by atoms with E-state index in [9.17, 15) is 24.2 Å². The molecule has 7 nitrogen and oxygen atoms in total. The zero-order valence-corrected chi connectivity index (χ0v) is 18.2. The third-order valence-corrected chi connectivity index (χ3v) is 6.38. The molecule has 1 fully saturated rings. The molecule has 1 aliphatic heterocycles. The fourth-order valence-electron chi connectivity index (χ4n) is 3.53. The van der Waals surface area contributed by atoms with Crippen LogP contribution < -0.4 is 9.64 Å². The van der Waals surface area contributed by atoms with Crippen molar-refractivity contribution in [3.8, 4) is 11.5 Å². The van der Waals surface area contributed by atoms with Crippen LogP contribution in [-0.4, -0.2) is 34.0 Å². The average molecular weight is 454 g/mol. The number of Topliss-reactive ketones (excluding diaryl/α,β-unsaturated/α-hetero) is 1. The molecular weight excluding hydrogens is 435 g/mol. The summed E-state index contributed by atoms with van der Waals surface area (Å²) in [6, 6.07) is 8.32. The Labute approximate surface area is 187 Å². The third kappa shape index (κ3) is 3.50. The molecule has 2 N–H and O–H groups in total. The van der Waals surface area contributed by atoms with Crippen molar-refractivity contribution in [3.05, 3.63) is 75.6 Å². The van der Waals surface area contributed by atoms with Gasteiger partial charge in [0.1, 0.15) is 11.6 Å². The van der Waals surface area contributed by atoms with Gasteiger partial charge < -0.3 is 14.9 Å². The number of aliphatic hydroxyl groups excluding tert-OH is 1. The highest BCUT2D eigenvalue weighted by atomic mass is 32.1. The van der Waals surface area contributed by atoms with Gasteiger partial charge in [0.25, 0.3) is 5.78 Å². The molecule has 1 aromatic heterocycles. The molecule has 4 rings (SSSR count). The maximum absolute atomic E-state index is 13.4. The smallest absolute Gasteiger partial charge is 0.301 e. The van der Waals surface area contributed by atoms with Gasteiger partial charge in [-0.15, -0.1) is 11.3 Å². The fourth-order valence-corrected chi connectivity index (χ4v) is 4.47. The van der Waals surface area contributed by atoms with Crippen LogP contribution in [0.25, 0.3) is 5.76 Å². The van der Waals surface area contributed by atoms with Crippen LogP contribution in [0.3, 0.4) is 0 Å². The third-order valence-electron chi connectivity index (χ3n) is 5.30. The summed E-state index contributed by atoms with van der Waals surface area (Å²) in [5.41, 5.74) is 1.16. The van der Waals surface area contributed by atoms with Crippen molar-refractivity contribution >= 4 is 33.9 Å². The number of carbonyl (C=O) groups excluding carboxylic acids is 2. The standard InChI is InChI=1S/C23H19FN2O5S/c1-11-12(2)32-23(25-11)26-19(14-6-9-16(27)17(10-14)31-3)18(21(29)22(26)30)20(28)13-4-7-15(24)8-5-13/h4-10,19,27-28H,1-3H3/b20-18+/t19-/m1/s1. The molecule has 0 unspecified atom stereocenters. The Bertz CT molecular complexity index is 1250. The van der Waals surface area contributed by atoms with Gasteiger partial charge in [0, 0.05) is 10.4 Å². The molecule has 0 aliphatic carbocycles. The maximum atomic E-state index is 13.4. The van der Waals surface area contributed by atoms with Gasteiger partial charge in [-0.2, -0.15) is 0 Å². The van der Waals surface area contributed by atoms with Crippen molar-refractivity contribution in [2.45, 2.75) is 19.9 Å². The molecule has 0 saturated carbocycles. The predicted molar refractivity (Wildman–Crippen MR) is 117 cm³/mol. The van der Waals surface area contributed by atoms with Gasteiger partial charge in [0.15, 0.2) is 16.6 Å². The lowest BCUT2D eigenvalue weighted by Crippen LogP contribution is -2.29. The number of aromatic nitrogens is 1. The number of nitrogens with zero attached hydrogens (tertiary/aromatic N) is 2. The van der Waals surface area contributed by atoms with Crippen molar-refractivity contribution in [1.82, 2.24) is 4.98 Å². The molecule has 32 heavy (non-hydrogen) atoms. The number of carbonyl (C=O) groups is 2. The number of rotatable bonds is 4. The van der Waals surface area contributed by atoms with E-state index in [0.29, 0.717) is 16.4 Å². The molecule has 1 atom stereocenters. The minimum absolute atomic E-state index is 0.118. The molecule has 9 heteroatoms. The number of anilines is 1. The minimum Gasteiger partial charge on any atom is -0.507 e. The van der Waals surface area contributed by atoms with E-state index in [1.165, 1.54) is 53.7 Å². The van der Waals surface area contributed by atoms with Gasteiger partial charge >= 0.3 is 5.91 Å². The lowest BCUT2D eigenvalue weighted by molar-refractivity contribution is -0.132. The van der Waals surface area contributed by atoms with Crippen molar-refractivity contribution in [1.29, 1.82) is 0 Å². The Morgan fingerprint density at radius 3 is 2.44 bits per heavy atom. The number of hydrogen-bond donors (Lipinski definition) is 2. The molecule has 164 valence electrons. The molecule has 0 bridgehead atoms. The lowest BCUT2D eigenvalue weighted by atomic mass is 9.95. The number of phenolic OH excluding ortho intramolecular Hbond substituents is 1. The molecule has 0 radical (unpaired) electrons. The van der Waals surface area contributed by atoms with Gasteiger partial charge in [0.2, 0.25) is 0 Å². The van der Waals surface area contributed by atoms with Crippen LogP contribution in [0.5, 0.6) is 11.5 Å². The minimum atomic E-state index is -1.03. The molecule has 3 aromatic rings. The number of aromatic hydroxyl groups is 1. The topological polar surface area (TPSA) is 100.0 Å². The Hall–Kier alpha value is -3.72. The van der Waals surface area contributed by atoms with Crippen molar-refractivity contribution in [2.24, 2.45) is 0 Å². The number of methoxy groups -OCH3 is 1. The van der Waals surface area contributed by atoms with Gasteiger partial charge in [-0.05, 0) is 55.8 Å². The van der Waals surface area contributed by atoms with Crippen LogP contribution >= 0.6 is 11.3 Å². The van der Waals surface area contributed by atoms with Gasteiger partial charge in [-0.1, -0.05) is 6.07 Å². The number of thiazole rings is 1. The monoisotopic (exact) mass is 454 g/mol. The Kier molecular flexibility index (Phi) is 5.43. The number of ketones is 1. The van der Waals surface area contributed by atoms with E-state index in [-0.39, 0.29) is 22.6 Å². The normalized spacial score (nSPS) is 17.8. The molecular formula is C23H19FN2O5S. The number of phenols is 1. The fraction of sp³-hybridized carbons (Fsp3) is 0.174. The van der Waals surface area contributed by atoms with Crippen molar-refractivity contribution < 1.29 is 28.9 Å². The number of halogens is 1. The number of ether oxygens (including phenoxy) is 1. The molecule has 0 spiro atoms. The largest absolute Gasteiger partial charge is 0.507 e. The quantitative estimate of drug-likeness (QED) is 0.348. The van der Waals surface area contributed by atoms with E-state index < -0.39 is 29.3 Å². The highest BCUT2D eigenvalue weighted by Gasteiger charge is 2.48. The molecule has 2 heterocycles. The number of amides is 1. The summed E-state index contributed by atoms with van der Waals surface area (Å²) in [6.07, 6.45) is 0.